The van der Waals surface area contributed by atoms with Crippen molar-refractivity contribution in [1.82, 2.24) is 0 Å². The molecule has 0 aromatic heterocycles. The van der Waals surface area contributed by atoms with Crippen molar-refractivity contribution in [3.8, 4) is 0 Å². The number of ether oxygens (including phenoxy) is 1. The molecule has 0 saturated carbocycles. The SMILES string of the molecule is CCOC(=O)CCS(=O)(=O)Nc1ccc(C=O)cc1. The summed E-state index contributed by atoms with van der Waals surface area (Å²) in [7, 11) is -3.61. The minimum absolute atomic E-state index is 0.199. The second-order valence-corrected chi connectivity index (χ2v) is 5.56. The van der Waals surface area contributed by atoms with Crippen molar-refractivity contribution in [3.63, 3.8) is 0 Å². The first-order chi connectivity index (χ1) is 8.96. The molecular formula is C12H15NO5S. The minimum atomic E-state index is -3.61. The lowest BCUT2D eigenvalue weighted by Gasteiger charge is -2.07. The number of hydrogen-bond donors (Lipinski definition) is 1. The number of esters is 1. The van der Waals surface area contributed by atoms with Gasteiger partial charge in [-0.05, 0) is 31.2 Å². The highest BCUT2D eigenvalue weighted by molar-refractivity contribution is 7.92. The fourth-order valence-corrected chi connectivity index (χ4v) is 2.34. The number of nitrogens with one attached hydrogen (secondary N) is 1. The van der Waals surface area contributed by atoms with Crippen LogP contribution in [0.4, 0.5) is 5.69 Å². The second kappa shape index (κ2) is 6.89. The van der Waals surface area contributed by atoms with Crippen LogP contribution in [0.1, 0.15) is 23.7 Å². The van der Waals surface area contributed by atoms with Crippen LogP contribution in [0.5, 0.6) is 0 Å². The molecule has 1 aromatic carbocycles. The molecule has 1 aromatic rings. The normalized spacial score (nSPS) is 10.8. The summed E-state index contributed by atoms with van der Waals surface area (Å²) in [6.45, 7) is 1.87. The van der Waals surface area contributed by atoms with Crippen LogP contribution >= 0.6 is 0 Å². The predicted octanol–water partition coefficient (Wildman–Crippen LogP) is 1.19. The number of rotatable bonds is 7. The molecule has 0 aliphatic rings. The maximum atomic E-state index is 11.7. The fraction of sp³-hybridized carbons (Fsp3) is 0.333. The molecule has 0 aliphatic carbocycles. The van der Waals surface area contributed by atoms with Crippen LogP contribution in [0.2, 0.25) is 0 Å². The Morgan fingerprint density at radius 1 is 1.32 bits per heavy atom. The van der Waals surface area contributed by atoms with Crippen molar-refractivity contribution in [2.24, 2.45) is 0 Å². The molecule has 6 nitrogen and oxygen atoms in total. The van der Waals surface area contributed by atoms with Gasteiger partial charge in [0.25, 0.3) is 0 Å². The Morgan fingerprint density at radius 2 is 1.95 bits per heavy atom. The van der Waals surface area contributed by atoms with Gasteiger partial charge in [0, 0.05) is 11.3 Å². The van der Waals surface area contributed by atoms with E-state index in [4.69, 9.17) is 0 Å². The summed E-state index contributed by atoms with van der Waals surface area (Å²) >= 11 is 0. The summed E-state index contributed by atoms with van der Waals surface area (Å²) in [5.74, 6) is -0.898. The number of aldehydes is 1. The van der Waals surface area contributed by atoms with Gasteiger partial charge in [-0.3, -0.25) is 14.3 Å². The van der Waals surface area contributed by atoms with E-state index in [0.717, 1.165) is 0 Å². The minimum Gasteiger partial charge on any atom is -0.466 e. The third kappa shape index (κ3) is 5.52. The van der Waals surface area contributed by atoms with Crippen LogP contribution < -0.4 is 4.72 Å². The Bertz CT molecular complexity index is 536. The van der Waals surface area contributed by atoms with Gasteiger partial charge in [-0.25, -0.2) is 8.42 Å². The highest BCUT2D eigenvalue weighted by Crippen LogP contribution is 2.11. The zero-order valence-electron chi connectivity index (χ0n) is 10.5. The van der Waals surface area contributed by atoms with Crippen LogP contribution in [0.15, 0.2) is 24.3 Å². The number of anilines is 1. The average Bonchev–Trinajstić information content (AvgIpc) is 2.37. The monoisotopic (exact) mass is 285 g/mol. The van der Waals surface area contributed by atoms with E-state index in [1.54, 1.807) is 6.92 Å². The molecule has 0 fully saturated rings. The van der Waals surface area contributed by atoms with Gasteiger partial charge in [0.1, 0.15) is 6.29 Å². The molecule has 0 heterocycles. The molecule has 0 amide bonds. The molecule has 0 unspecified atom stereocenters. The summed E-state index contributed by atoms with van der Waals surface area (Å²) < 4.78 is 30.3. The summed E-state index contributed by atoms with van der Waals surface area (Å²) in [6, 6.07) is 5.95. The summed E-state index contributed by atoms with van der Waals surface area (Å²) in [6.07, 6.45) is 0.467. The van der Waals surface area contributed by atoms with E-state index in [9.17, 15) is 18.0 Å². The van der Waals surface area contributed by atoms with Crippen LogP contribution in [0.3, 0.4) is 0 Å². The lowest BCUT2D eigenvalue weighted by Crippen LogP contribution is -2.19. The zero-order chi connectivity index (χ0) is 14.3. The van der Waals surface area contributed by atoms with Crippen molar-refractivity contribution < 1.29 is 22.7 Å². The summed E-state index contributed by atoms with van der Waals surface area (Å²) in [5, 5.41) is 0. The van der Waals surface area contributed by atoms with Crippen molar-refractivity contribution in [2.45, 2.75) is 13.3 Å². The van der Waals surface area contributed by atoms with Gasteiger partial charge in [0.05, 0.1) is 18.8 Å². The molecule has 0 aliphatic heterocycles. The first-order valence-electron chi connectivity index (χ1n) is 5.68. The van der Waals surface area contributed by atoms with Crippen molar-refractivity contribution in [2.75, 3.05) is 17.1 Å². The van der Waals surface area contributed by atoms with Crippen LogP contribution in [-0.2, 0) is 19.6 Å². The Labute approximate surface area is 111 Å². The highest BCUT2D eigenvalue weighted by atomic mass is 32.2. The molecule has 19 heavy (non-hydrogen) atoms. The number of carbonyl (C=O) groups is 2. The van der Waals surface area contributed by atoms with E-state index in [0.29, 0.717) is 17.5 Å². The highest BCUT2D eigenvalue weighted by Gasteiger charge is 2.13. The molecule has 0 spiro atoms. The predicted molar refractivity (Wildman–Crippen MR) is 70.5 cm³/mol. The van der Waals surface area contributed by atoms with Crippen LogP contribution in [0.25, 0.3) is 0 Å². The number of carbonyl (C=O) groups excluding carboxylic acids is 2. The quantitative estimate of drug-likeness (QED) is 0.600. The molecule has 0 atom stereocenters. The molecule has 7 heteroatoms. The number of hydrogen-bond acceptors (Lipinski definition) is 5. The first-order valence-corrected chi connectivity index (χ1v) is 7.33. The first kappa shape index (κ1) is 15.2. The largest absolute Gasteiger partial charge is 0.466 e. The lowest BCUT2D eigenvalue weighted by molar-refractivity contribution is -0.142. The van der Waals surface area contributed by atoms with E-state index in [1.807, 2.05) is 0 Å². The standard InChI is InChI=1S/C12H15NO5S/c1-2-18-12(15)7-8-19(16,17)13-11-5-3-10(9-14)4-6-11/h3-6,9,13H,2,7-8H2,1H3. The summed E-state index contributed by atoms with van der Waals surface area (Å²) in [4.78, 5) is 21.5. The Kier molecular flexibility index (Phi) is 5.50. The van der Waals surface area contributed by atoms with E-state index >= 15 is 0 Å². The molecule has 0 bridgehead atoms. The van der Waals surface area contributed by atoms with Gasteiger partial charge in [0.15, 0.2) is 0 Å². The maximum absolute atomic E-state index is 11.7. The Balaban J connectivity index is 2.58. The Morgan fingerprint density at radius 3 is 2.47 bits per heavy atom. The number of sulfonamides is 1. The topological polar surface area (TPSA) is 89.5 Å². The number of benzene rings is 1. The van der Waals surface area contributed by atoms with E-state index < -0.39 is 16.0 Å². The fourth-order valence-electron chi connectivity index (χ4n) is 1.31. The van der Waals surface area contributed by atoms with Crippen molar-refractivity contribution in [1.29, 1.82) is 0 Å². The molecule has 1 rings (SSSR count). The molecule has 0 saturated heterocycles. The van der Waals surface area contributed by atoms with E-state index in [1.165, 1.54) is 24.3 Å². The molecule has 104 valence electrons. The molecular weight excluding hydrogens is 270 g/mol. The van der Waals surface area contributed by atoms with Gasteiger partial charge >= 0.3 is 5.97 Å². The maximum Gasteiger partial charge on any atom is 0.306 e. The van der Waals surface area contributed by atoms with Gasteiger partial charge in [-0.15, -0.1) is 0 Å². The van der Waals surface area contributed by atoms with Gasteiger partial charge in [0.2, 0.25) is 10.0 Å². The smallest absolute Gasteiger partial charge is 0.306 e. The van der Waals surface area contributed by atoms with Crippen molar-refractivity contribution in [3.05, 3.63) is 29.8 Å². The Hall–Kier alpha value is -1.89. The summed E-state index contributed by atoms with van der Waals surface area (Å²) in [5.41, 5.74) is 0.795. The van der Waals surface area contributed by atoms with Crippen LogP contribution in [0, 0.1) is 0 Å². The van der Waals surface area contributed by atoms with Gasteiger partial charge < -0.3 is 4.74 Å². The average molecular weight is 285 g/mol. The zero-order valence-corrected chi connectivity index (χ0v) is 11.3. The van der Waals surface area contributed by atoms with E-state index in [-0.39, 0.29) is 18.8 Å². The molecule has 0 radical (unpaired) electrons. The van der Waals surface area contributed by atoms with Crippen LogP contribution in [-0.4, -0.2) is 33.0 Å². The van der Waals surface area contributed by atoms with Gasteiger partial charge in [-0.1, -0.05) is 0 Å². The van der Waals surface area contributed by atoms with E-state index in [2.05, 4.69) is 9.46 Å². The third-order valence-corrected chi connectivity index (χ3v) is 3.49. The third-order valence-electron chi connectivity index (χ3n) is 2.20. The van der Waals surface area contributed by atoms with Gasteiger partial charge in [-0.2, -0.15) is 0 Å². The second-order valence-electron chi connectivity index (χ2n) is 3.72. The lowest BCUT2D eigenvalue weighted by atomic mass is 10.2. The van der Waals surface area contributed by atoms with Crippen molar-refractivity contribution >= 4 is 28.0 Å². The molecule has 1 N–H and O–H groups in total.